The van der Waals surface area contributed by atoms with Gasteiger partial charge in [0.15, 0.2) is 0 Å². The maximum Gasteiger partial charge on any atom is 0.416 e. The minimum absolute atomic E-state index is 0.166. The van der Waals surface area contributed by atoms with Crippen LogP contribution in [-0.4, -0.2) is 37.1 Å². The molecule has 1 fully saturated rings. The summed E-state index contributed by atoms with van der Waals surface area (Å²) in [6, 6.07) is 12.5. The fourth-order valence-electron chi connectivity index (χ4n) is 2.87. The van der Waals surface area contributed by atoms with Gasteiger partial charge in [0.1, 0.15) is 0 Å². The number of piperazine rings is 1. The summed E-state index contributed by atoms with van der Waals surface area (Å²) >= 11 is 0. The zero-order valence-corrected chi connectivity index (χ0v) is 14.4. The van der Waals surface area contributed by atoms with Gasteiger partial charge >= 0.3 is 12.2 Å². The summed E-state index contributed by atoms with van der Waals surface area (Å²) in [7, 11) is 0. The van der Waals surface area contributed by atoms with Gasteiger partial charge in [0.05, 0.1) is 5.56 Å². The van der Waals surface area contributed by atoms with Crippen molar-refractivity contribution >= 4 is 17.4 Å². The number of alkyl halides is 3. The molecule has 0 spiro atoms. The van der Waals surface area contributed by atoms with Crippen LogP contribution in [0.15, 0.2) is 48.5 Å². The summed E-state index contributed by atoms with van der Waals surface area (Å²) in [5, 5.41) is 2.86. The number of halogens is 3. The molecule has 1 aliphatic heterocycles. The van der Waals surface area contributed by atoms with Gasteiger partial charge in [-0.05, 0) is 43.3 Å². The van der Waals surface area contributed by atoms with Gasteiger partial charge in [0.25, 0.3) is 0 Å². The number of carbonyl (C=O) groups excluding carboxylic acids is 1. The Labute approximate surface area is 150 Å². The average Bonchev–Trinajstić information content (AvgIpc) is 2.63. The standard InChI is InChI=1S/C19H20F3N3O/c1-14-2-6-16(7-3-14)23-18(26)25-12-10-24(11-13-25)17-8-4-15(5-9-17)19(20,21)22/h2-9H,10-13H2,1H3,(H,23,26). The lowest BCUT2D eigenvalue weighted by Gasteiger charge is -2.36. The van der Waals surface area contributed by atoms with E-state index in [4.69, 9.17) is 0 Å². The number of hydrogen-bond acceptors (Lipinski definition) is 2. The average molecular weight is 363 g/mol. The van der Waals surface area contributed by atoms with E-state index >= 15 is 0 Å². The SMILES string of the molecule is Cc1ccc(NC(=O)N2CCN(c3ccc(C(F)(F)F)cc3)CC2)cc1. The number of hydrogen-bond donors (Lipinski definition) is 1. The topological polar surface area (TPSA) is 35.6 Å². The quantitative estimate of drug-likeness (QED) is 0.860. The van der Waals surface area contributed by atoms with Crippen LogP contribution in [-0.2, 0) is 6.18 Å². The van der Waals surface area contributed by atoms with Gasteiger partial charge in [-0.2, -0.15) is 13.2 Å². The summed E-state index contributed by atoms with van der Waals surface area (Å²) in [5.41, 5.74) is 1.94. The molecule has 0 bridgehead atoms. The van der Waals surface area contributed by atoms with Crippen LogP contribution in [0.4, 0.5) is 29.3 Å². The summed E-state index contributed by atoms with van der Waals surface area (Å²) in [5.74, 6) is 0. The Balaban J connectivity index is 1.55. The fraction of sp³-hybridized carbons (Fsp3) is 0.316. The molecule has 2 aromatic carbocycles. The number of benzene rings is 2. The lowest BCUT2D eigenvalue weighted by molar-refractivity contribution is -0.137. The molecule has 1 aliphatic rings. The predicted octanol–water partition coefficient (Wildman–Crippen LogP) is 4.37. The van der Waals surface area contributed by atoms with Crippen molar-refractivity contribution in [2.75, 3.05) is 36.4 Å². The highest BCUT2D eigenvalue weighted by Gasteiger charge is 2.30. The summed E-state index contributed by atoms with van der Waals surface area (Å²) < 4.78 is 37.9. The molecule has 1 heterocycles. The first kappa shape index (κ1) is 18.1. The largest absolute Gasteiger partial charge is 0.416 e. The molecule has 0 aromatic heterocycles. The van der Waals surface area contributed by atoms with Crippen LogP contribution in [0.5, 0.6) is 0 Å². The number of carbonyl (C=O) groups is 1. The van der Waals surface area contributed by atoms with Crippen LogP contribution in [0.25, 0.3) is 0 Å². The minimum atomic E-state index is -4.33. The van der Waals surface area contributed by atoms with Gasteiger partial charge in [0, 0.05) is 37.6 Å². The maximum absolute atomic E-state index is 12.6. The highest BCUT2D eigenvalue weighted by atomic mass is 19.4. The molecule has 1 N–H and O–H groups in total. The van der Waals surface area contributed by atoms with E-state index < -0.39 is 11.7 Å². The third kappa shape index (κ3) is 4.28. The van der Waals surface area contributed by atoms with E-state index in [9.17, 15) is 18.0 Å². The normalized spacial score (nSPS) is 15.1. The van der Waals surface area contributed by atoms with Crippen molar-refractivity contribution in [2.24, 2.45) is 0 Å². The van der Waals surface area contributed by atoms with Crippen molar-refractivity contribution in [3.63, 3.8) is 0 Å². The molecule has 138 valence electrons. The molecule has 2 aromatic rings. The number of amides is 2. The Morgan fingerprint density at radius 2 is 1.50 bits per heavy atom. The monoisotopic (exact) mass is 363 g/mol. The molecule has 7 heteroatoms. The molecule has 0 unspecified atom stereocenters. The van der Waals surface area contributed by atoms with E-state index in [1.807, 2.05) is 36.1 Å². The number of aryl methyl sites for hydroxylation is 1. The highest BCUT2D eigenvalue weighted by molar-refractivity contribution is 5.89. The van der Waals surface area contributed by atoms with Crippen molar-refractivity contribution in [3.8, 4) is 0 Å². The van der Waals surface area contributed by atoms with Gasteiger partial charge in [-0.25, -0.2) is 4.79 Å². The molecule has 0 aliphatic carbocycles. The van der Waals surface area contributed by atoms with Crippen LogP contribution in [0.1, 0.15) is 11.1 Å². The molecule has 0 atom stereocenters. The Morgan fingerprint density at radius 3 is 2.04 bits per heavy atom. The second-order valence-electron chi connectivity index (χ2n) is 6.31. The number of rotatable bonds is 2. The molecule has 2 amide bonds. The van der Waals surface area contributed by atoms with E-state index in [0.717, 1.165) is 29.1 Å². The van der Waals surface area contributed by atoms with Crippen LogP contribution >= 0.6 is 0 Å². The Kier molecular flexibility index (Phi) is 5.06. The first-order valence-electron chi connectivity index (χ1n) is 8.38. The van der Waals surface area contributed by atoms with E-state index in [-0.39, 0.29) is 6.03 Å². The first-order chi connectivity index (χ1) is 12.3. The van der Waals surface area contributed by atoms with Crippen molar-refractivity contribution in [1.82, 2.24) is 4.90 Å². The second-order valence-corrected chi connectivity index (χ2v) is 6.31. The number of urea groups is 1. The van der Waals surface area contributed by atoms with Crippen molar-refractivity contribution in [2.45, 2.75) is 13.1 Å². The van der Waals surface area contributed by atoms with E-state index in [1.54, 1.807) is 4.90 Å². The second kappa shape index (κ2) is 7.27. The predicted molar refractivity (Wildman–Crippen MR) is 95.4 cm³/mol. The van der Waals surface area contributed by atoms with Gasteiger partial charge in [-0.15, -0.1) is 0 Å². The molecule has 4 nitrogen and oxygen atoms in total. The summed E-state index contributed by atoms with van der Waals surface area (Å²) in [6.07, 6.45) is -4.33. The van der Waals surface area contributed by atoms with Crippen LogP contribution in [0.3, 0.4) is 0 Å². The van der Waals surface area contributed by atoms with E-state index in [2.05, 4.69) is 5.32 Å². The van der Waals surface area contributed by atoms with E-state index in [0.29, 0.717) is 26.2 Å². The van der Waals surface area contributed by atoms with Crippen LogP contribution < -0.4 is 10.2 Å². The molecular formula is C19H20F3N3O. The Bertz CT molecular complexity index is 749. The van der Waals surface area contributed by atoms with Crippen molar-refractivity contribution in [1.29, 1.82) is 0 Å². The molecule has 0 saturated carbocycles. The fourth-order valence-corrected chi connectivity index (χ4v) is 2.87. The Morgan fingerprint density at radius 1 is 0.923 bits per heavy atom. The maximum atomic E-state index is 12.6. The van der Waals surface area contributed by atoms with Gasteiger partial charge < -0.3 is 15.1 Å². The third-order valence-corrected chi connectivity index (χ3v) is 4.43. The minimum Gasteiger partial charge on any atom is -0.368 e. The summed E-state index contributed by atoms with van der Waals surface area (Å²) in [6.45, 7) is 4.16. The smallest absolute Gasteiger partial charge is 0.368 e. The Hall–Kier alpha value is -2.70. The third-order valence-electron chi connectivity index (χ3n) is 4.43. The van der Waals surface area contributed by atoms with Gasteiger partial charge in [0.2, 0.25) is 0 Å². The molecule has 3 rings (SSSR count). The highest BCUT2D eigenvalue weighted by Crippen LogP contribution is 2.30. The number of nitrogens with zero attached hydrogens (tertiary/aromatic N) is 2. The molecule has 26 heavy (non-hydrogen) atoms. The van der Waals surface area contributed by atoms with Crippen LogP contribution in [0.2, 0.25) is 0 Å². The molecule has 0 radical (unpaired) electrons. The zero-order chi connectivity index (χ0) is 18.7. The lowest BCUT2D eigenvalue weighted by Crippen LogP contribution is -2.50. The van der Waals surface area contributed by atoms with E-state index in [1.165, 1.54) is 12.1 Å². The van der Waals surface area contributed by atoms with Crippen LogP contribution in [0, 0.1) is 6.92 Å². The first-order valence-corrected chi connectivity index (χ1v) is 8.38. The molecular weight excluding hydrogens is 343 g/mol. The lowest BCUT2D eigenvalue weighted by atomic mass is 10.1. The summed E-state index contributed by atoms with van der Waals surface area (Å²) in [4.78, 5) is 16.0. The van der Waals surface area contributed by atoms with Gasteiger partial charge in [-0.3, -0.25) is 0 Å². The van der Waals surface area contributed by atoms with Crippen molar-refractivity contribution < 1.29 is 18.0 Å². The molecule has 1 saturated heterocycles. The number of nitrogens with one attached hydrogen (secondary N) is 1. The van der Waals surface area contributed by atoms with Crippen molar-refractivity contribution in [3.05, 3.63) is 59.7 Å². The number of anilines is 2. The van der Waals surface area contributed by atoms with Gasteiger partial charge in [-0.1, -0.05) is 17.7 Å². The zero-order valence-electron chi connectivity index (χ0n) is 14.4.